The molecule has 2 aromatic carbocycles. The van der Waals surface area contributed by atoms with Gasteiger partial charge in [0.2, 0.25) is 5.75 Å². The van der Waals surface area contributed by atoms with E-state index < -0.39 is 18.0 Å². The first-order chi connectivity index (χ1) is 14.5. The number of carbonyl (C=O) groups is 2. The van der Waals surface area contributed by atoms with Crippen LogP contribution in [0.5, 0.6) is 17.2 Å². The number of esters is 1. The predicted octanol–water partition coefficient (Wildman–Crippen LogP) is 3.04. The third-order valence-electron chi connectivity index (χ3n) is 4.65. The lowest BCUT2D eigenvalue weighted by Gasteiger charge is -2.30. The minimum absolute atomic E-state index is 0.195. The molecule has 158 valence electrons. The van der Waals surface area contributed by atoms with E-state index in [0.29, 0.717) is 34.1 Å². The van der Waals surface area contributed by atoms with Gasteiger partial charge in [0.15, 0.2) is 11.5 Å². The summed E-state index contributed by atoms with van der Waals surface area (Å²) in [6, 6.07) is 11.3. The third kappa shape index (κ3) is 4.03. The molecule has 0 saturated carbocycles. The summed E-state index contributed by atoms with van der Waals surface area (Å²) < 4.78 is 21.5. The molecule has 1 heterocycles. The van der Waals surface area contributed by atoms with E-state index in [1.165, 1.54) is 21.3 Å². The second-order valence-corrected chi connectivity index (χ2v) is 6.37. The van der Waals surface area contributed by atoms with Crippen LogP contribution in [-0.2, 0) is 9.53 Å². The number of methoxy groups -OCH3 is 3. The minimum Gasteiger partial charge on any atom is -0.493 e. The lowest BCUT2D eigenvalue weighted by Crippen LogP contribution is -2.45. The van der Waals surface area contributed by atoms with Gasteiger partial charge in [0.1, 0.15) is 0 Å². The topological polar surface area (TPSA) is 95.1 Å². The second-order valence-electron chi connectivity index (χ2n) is 6.37. The molecule has 0 saturated heterocycles. The number of hydrogen-bond acceptors (Lipinski definition) is 6. The molecule has 1 aliphatic rings. The fourth-order valence-corrected chi connectivity index (χ4v) is 3.34. The van der Waals surface area contributed by atoms with E-state index in [-0.39, 0.29) is 12.2 Å². The number of ether oxygens (including phenoxy) is 4. The Bertz CT molecular complexity index is 946. The van der Waals surface area contributed by atoms with Crippen LogP contribution >= 0.6 is 0 Å². The molecular weight excluding hydrogens is 388 g/mol. The van der Waals surface area contributed by atoms with Crippen molar-refractivity contribution in [1.29, 1.82) is 0 Å². The smallest absolute Gasteiger partial charge is 0.338 e. The Kier molecular flexibility index (Phi) is 6.46. The number of urea groups is 1. The quantitative estimate of drug-likeness (QED) is 0.679. The molecule has 1 aliphatic heterocycles. The first-order valence-corrected chi connectivity index (χ1v) is 9.38. The van der Waals surface area contributed by atoms with Gasteiger partial charge in [-0.25, -0.2) is 9.59 Å². The van der Waals surface area contributed by atoms with Gasteiger partial charge in [-0.15, -0.1) is 0 Å². The molecule has 2 N–H and O–H groups in total. The first kappa shape index (κ1) is 21.0. The molecule has 0 aromatic heterocycles. The maximum absolute atomic E-state index is 12.9. The van der Waals surface area contributed by atoms with Crippen LogP contribution in [0.1, 0.15) is 24.1 Å². The molecule has 0 unspecified atom stereocenters. The average molecular weight is 412 g/mol. The SMILES string of the molecule is CCOC(=O)C1=C(c2ccccc2)NC(=O)N[C@H]1c1cc(OC)c(OC)c(OC)c1. The predicted molar refractivity (Wildman–Crippen MR) is 111 cm³/mol. The van der Waals surface area contributed by atoms with E-state index in [2.05, 4.69) is 10.6 Å². The monoisotopic (exact) mass is 412 g/mol. The van der Waals surface area contributed by atoms with E-state index in [0.717, 1.165) is 0 Å². The number of nitrogens with one attached hydrogen (secondary N) is 2. The fraction of sp³-hybridized carbons (Fsp3) is 0.273. The number of rotatable bonds is 7. The Labute approximate surface area is 174 Å². The summed E-state index contributed by atoms with van der Waals surface area (Å²) in [4.78, 5) is 25.4. The van der Waals surface area contributed by atoms with Crippen molar-refractivity contribution in [3.8, 4) is 17.2 Å². The van der Waals surface area contributed by atoms with Crippen molar-refractivity contribution in [2.24, 2.45) is 0 Å². The van der Waals surface area contributed by atoms with Crippen LogP contribution in [0.25, 0.3) is 5.70 Å². The minimum atomic E-state index is -0.790. The van der Waals surface area contributed by atoms with Gasteiger partial charge in [-0.2, -0.15) is 0 Å². The van der Waals surface area contributed by atoms with Crippen LogP contribution < -0.4 is 24.8 Å². The zero-order chi connectivity index (χ0) is 21.7. The Balaban J connectivity index is 2.23. The molecular formula is C22H24N2O6. The number of amides is 2. The third-order valence-corrected chi connectivity index (χ3v) is 4.65. The number of benzene rings is 2. The summed E-state index contributed by atoms with van der Waals surface area (Å²) in [6.07, 6.45) is 0. The van der Waals surface area contributed by atoms with Crippen molar-refractivity contribution in [2.75, 3.05) is 27.9 Å². The summed E-state index contributed by atoms with van der Waals surface area (Å²) >= 11 is 0. The normalized spacial score (nSPS) is 15.7. The number of hydrogen-bond donors (Lipinski definition) is 2. The van der Waals surface area contributed by atoms with Crippen LogP contribution in [0, 0.1) is 0 Å². The Morgan fingerprint density at radius 1 is 1.00 bits per heavy atom. The Morgan fingerprint density at radius 2 is 1.63 bits per heavy atom. The summed E-state index contributed by atoms with van der Waals surface area (Å²) in [5.41, 5.74) is 1.93. The maximum Gasteiger partial charge on any atom is 0.338 e. The summed E-state index contributed by atoms with van der Waals surface area (Å²) in [5.74, 6) is 0.685. The maximum atomic E-state index is 12.9. The van der Waals surface area contributed by atoms with Gasteiger partial charge in [-0.05, 0) is 30.2 Å². The molecule has 0 aliphatic carbocycles. The van der Waals surface area contributed by atoms with Crippen LogP contribution in [0.3, 0.4) is 0 Å². The van der Waals surface area contributed by atoms with Crippen molar-refractivity contribution < 1.29 is 28.5 Å². The highest BCUT2D eigenvalue weighted by Crippen LogP contribution is 2.42. The van der Waals surface area contributed by atoms with Gasteiger partial charge in [0.05, 0.1) is 45.2 Å². The van der Waals surface area contributed by atoms with Gasteiger partial charge < -0.3 is 29.6 Å². The molecule has 3 rings (SSSR count). The van der Waals surface area contributed by atoms with E-state index in [1.54, 1.807) is 19.1 Å². The van der Waals surface area contributed by atoms with Gasteiger partial charge >= 0.3 is 12.0 Å². The average Bonchev–Trinajstić information content (AvgIpc) is 2.78. The molecule has 30 heavy (non-hydrogen) atoms. The van der Waals surface area contributed by atoms with Gasteiger partial charge in [-0.1, -0.05) is 30.3 Å². The van der Waals surface area contributed by atoms with E-state index in [1.807, 2.05) is 30.3 Å². The lowest BCUT2D eigenvalue weighted by molar-refractivity contribution is -0.138. The summed E-state index contributed by atoms with van der Waals surface area (Å²) in [5, 5.41) is 5.54. The molecule has 2 aromatic rings. The van der Waals surface area contributed by atoms with E-state index in [9.17, 15) is 9.59 Å². The highest BCUT2D eigenvalue weighted by molar-refractivity contribution is 6.04. The van der Waals surface area contributed by atoms with Crippen molar-refractivity contribution in [1.82, 2.24) is 10.6 Å². The van der Waals surface area contributed by atoms with Crippen LogP contribution in [-0.4, -0.2) is 39.9 Å². The largest absolute Gasteiger partial charge is 0.493 e. The standard InChI is InChI=1S/C22H24N2O6/c1-5-30-21(25)17-18(13-9-7-6-8-10-13)23-22(26)24-19(17)14-11-15(27-2)20(29-4)16(12-14)28-3/h6-12,19H,5H2,1-4H3,(H2,23,24,26)/t19-/m0/s1. The van der Waals surface area contributed by atoms with E-state index in [4.69, 9.17) is 18.9 Å². The Hall–Kier alpha value is -3.68. The van der Waals surface area contributed by atoms with E-state index >= 15 is 0 Å². The number of carbonyl (C=O) groups excluding carboxylic acids is 2. The zero-order valence-electron chi connectivity index (χ0n) is 17.3. The first-order valence-electron chi connectivity index (χ1n) is 9.38. The molecule has 8 nitrogen and oxygen atoms in total. The van der Waals surface area contributed by atoms with Crippen molar-refractivity contribution in [3.05, 3.63) is 59.2 Å². The van der Waals surface area contributed by atoms with Crippen LogP contribution in [0.15, 0.2) is 48.0 Å². The summed E-state index contributed by atoms with van der Waals surface area (Å²) in [7, 11) is 4.50. The van der Waals surface area contributed by atoms with Crippen LogP contribution in [0.2, 0.25) is 0 Å². The molecule has 8 heteroatoms. The van der Waals surface area contributed by atoms with Crippen molar-refractivity contribution in [2.45, 2.75) is 13.0 Å². The Morgan fingerprint density at radius 3 is 2.17 bits per heavy atom. The molecule has 0 fully saturated rings. The van der Waals surface area contributed by atoms with Gasteiger partial charge in [-0.3, -0.25) is 0 Å². The molecule has 0 bridgehead atoms. The molecule has 0 radical (unpaired) electrons. The fourth-order valence-electron chi connectivity index (χ4n) is 3.34. The van der Waals surface area contributed by atoms with Gasteiger partial charge in [0.25, 0.3) is 0 Å². The van der Waals surface area contributed by atoms with Crippen molar-refractivity contribution >= 4 is 17.7 Å². The molecule has 0 spiro atoms. The van der Waals surface area contributed by atoms with Gasteiger partial charge in [0, 0.05) is 0 Å². The second kappa shape index (κ2) is 9.21. The van der Waals surface area contributed by atoms with Crippen LogP contribution in [0.4, 0.5) is 4.79 Å². The molecule has 1 atom stereocenters. The summed E-state index contributed by atoms with van der Waals surface area (Å²) in [6.45, 7) is 1.92. The highest BCUT2D eigenvalue weighted by Gasteiger charge is 2.35. The lowest BCUT2D eigenvalue weighted by atomic mass is 9.92. The zero-order valence-corrected chi connectivity index (χ0v) is 17.3. The molecule has 2 amide bonds. The highest BCUT2D eigenvalue weighted by atomic mass is 16.5. The van der Waals surface area contributed by atoms with Crippen molar-refractivity contribution in [3.63, 3.8) is 0 Å².